The average molecular weight is 310 g/mol. The number of nitrogens with one attached hydrogen (secondary N) is 1. The first kappa shape index (κ1) is 16.0. The number of piperidine rings is 1. The predicted molar refractivity (Wildman–Crippen MR) is 95.6 cm³/mol. The summed E-state index contributed by atoms with van der Waals surface area (Å²) in [6.45, 7) is 6.01. The Morgan fingerprint density at radius 1 is 1.09 bits per heavy atom. The Hall–Kier alpha value is -1.84. The minimum atomic E-state index is -0.351. The second-order valence-corrected chi connectivity index (χ2v) is 6.55. The standard InChI is InChI=1S/C20H26N2O/c1-15-8-10-18(11-9-15)21-19-12-13-22(14-20(19)23)16(2)17-6-4-3-5-7-17/h3-11,16,19-21,23H,12-14H2,1-2H3/t16?,19-,20-/m0/s1. The molecule has 3 rings (SSSR count). The van der Waals surface area contributed by atoms with Crippen LogP contribution in [0.1, 0.15) is 30.5 Å². The van der Waals surface area contributed by atoms with Crippen LogP contribution in [0.2, 0.25) is 0 Å². The summed E-state index contributed by atoms with van der Waals surface area (Å²) in [4.78, 5) is 2.37. The average Bonchev–Trinajstić information content (AvgIpc) is 2.59. The van der Waals surface area contributed by atoms with E-state index in [0.717, 1.165) is 18.7 Å². The molecule has 1 unspecified atom stereocenters. The molecule has 1 saturated heterocycles. The molecule has 1 fully saturated rings. The molecule has 0 radical (unpaired) electrons. The number of anilines is 1. The van der Waals surface area contributed by atoms with Gasteiger partial charge in [0.1, 0.15) is 0 Å². The first-order valence-electron chi connectivity index (χ1n) is 8.44. The van der Waals surface area contributed by atoms with Gasteiger partial charge in [0.2, 0.25) is 0 Å². The summed E-state index contributed by atoms with van der Waals surface area (Å²) < 4.78 is 0. The van der Waals surface area contributed by atoms with Crippen LogP contribution >= 0.6 is 0 Å². The third-order valence-electron chi connectivity index (χ3n) is 4.85. The monoisotopic (exact) mass is 310 g/mol. The summed E-state index contributed by atoms with van der Waals surface area (Å²) in [5, 5.41) is 14.0. The lowest BCUT2D eigenvalue weighted by Crippen LogP contribution is -2.50. The van der Waals surface area contributed by atoms with E-state index in [1.54, 1.807) is 0 Å². The third kappa shape index (κ3) is 3.92. The molecule has 3 nitrogen and oxygen atoms in total. The van der Waals surface area contributed by atoms with Crippen LogP contribution in [0.3, 0.4) is 0 Å². The van der Waals surface area contributed by atoms with Gasteiger partial charge in [-0.3, -0.25) is 4.90 Å². The number of benzene rings is 2. The number of rotatable bonds is 4. The lowest BCUT2D eigenvalue weighted by Gasteiger charge is -2.40. The van der Waals surface area contributed by atoms with E-state index in [-0.39, 0.29) is 12.1 Å². The van der Waals surface area contributed by atoms with Gasteiger partial charge < -0.3 is 10.4 Å². The maximum absolute atomic E-state index is 10.5. The van der Waals surface area contributed by atoms with Crippen LogP contribution in [0.4, 0.5) is 5.69 Å². The Morgan fingerprint density at radius 2 is 1.78 bits per heavy atom. The van der Waals surface area contributed by atoms with Crippen LogP contribution in [0.5, 0.6) is 0 Å². The van der Waals surface area contributed by atoms with E-state index in [9.17, 15) is 5.11 Å². The van der Waals surface area contributed by atoms with Crippen molar-refractivity contribution in [2.24, 2.45) is 0 Å². The van der Waals surface area contributed by atoms with Gasteiger partial charge in [-0.05, 0) is 38.0 Å². The Labute approximate surface area is 139 Å². The first-order chi connectivity index (χ1) is 11.1. The Balaban J connectivity index is 1.60. The smallest absolute Gasteiger partial charge is 0.0868 e. The summed E-state index contributed by atoms with van der Waals surface area (Å²) in [6, 6.07) is 19.3. The van der Waals surface area contributed by atoms with Gasteiger partial charge in [0.25, 0.3) is 0 Å². The highest BCUT2D eigenvalue weighted by atomic mass is 16.3. The maximum atomic E-state index is 10.5. The van der Waals surface area contributed by atoms with Crippen molar-refractivity contribution in [2.75, 3.05) is 18.4 Å². The molecule has 0 saturated carbocycles. The lowest BCUT2D eigenvalue weighted by atomic mass is 9.97. The van der Waals surface area contributed by atoms with Crippen LogP contribution in [0, 0.1) is 6.92 Å². The number of nitrogens with zero attached hydrogens (tertiary/aromatic N) is 1. The van der Waals surface area contributed by atoms with E-state index in [4.69, 9.17) is 0 Å². The van der Waals surface area contributed by atoms with Gasteiger partial charge in [-0.1, -0.05) is 48.0 Å². The van der Waals surface area contributed by atoms with Gasteiger partial charge in [-0.25, -0.2) is 0 Å². The number of aryl methyl sites for hydroxylation is 1. The van der Waals surface area contributed by atoms with Gasteiger partial charge in [0, 0.05) is 24.8 Å². The summed E-state index contributed by atoms with van der Waals surface area (Å²) in [5.41, 5.74) is 3.65. The van der Waals surface area contributed by atoms with Gasteiger partial charge in [0.05, 0.1) is 12.1 Å². The molecule has 0 spiro atoms. The van der Waals surface area contributed by atoms with Crippen molar-refractivity contribution in [3.05, 3.63) is 65.7 Å². The van der Waals surface area contributed by atoms with Crippen molar-refractivity contribution < 1.29 is 5.11 Å². The van der Waals surface area contributed by atoms with Crippen molar-refractivity contribution in [3.63, 3.8) is 0 Å². The van der Waals surface area contributed by atoms with Crippen LogP contribution in [0.25, 0.3) is 0 Å². The van der Waals surface area contributed by atoms with Gasteiger partial charge in [-0.2, -0.15) is 0 Å². The fourth-order valence-corrected chi connectivity index (χ4v) is 3.28. The SMILES string of the molecule is Cc1ccc(N[C@H]2CCN(C(C)c3ccccc3)C[C@@H]2O)cc1. The zero-order valence-corrected chi connectivity index (χ0v) is 13.9. The quantitative estimate of drug-likeness (QED) is 0.905. The first-order valence-corrected chi connectivity index (χ1v) is 8.44. The molecule has 1 heterocycles. The highest BCUT2D eigenvalue weighted by Crippen LogP contribution is 2.25. The van der Waals surface area contributed by atoms with E-state index in [1.165, 1.54) is 11.1 Å². The Morgan fingerprint density at radius 3 is 2.43 bits per heavy atom. The molecule has 122 valence electrons. The van der Waals surface area contributed by atoms with Crippen molar-refractivity contribution in [3.8, 4) is 0 Å². The Kier molecular flexibility index (Phi) is 4.99. The molecule has 2 N–H and O–H groups in total. The van der Waals surface area contributed by atoms with E-state index >= 15 is 0 Å². The second kappa shape index (κ2) is 7.16. The lowest BCUT2D eigenvalue weighted by molar-refractivity contribution is 0.0408. The highest BCUT2D eigenvalue weighted by molar-refractivity contribution is 5.45. The topological polar surface area (TPSA) is 35.5 Å². The zero-order valence-electron chi connectivity index (χ0n) is 13.9. The van der Waals surface area contributed by atoms with Crippen LogP contribution in [-0.2, 0) is 0 Å². The van der Waals surface area contributed by atoms with E-state index in [2.05, 4.69) is 72.6 Å². The van der Waals surface area contributed by atoms with Crippen molar-refractivity contribution in [1.82, 2.24) is 4.90 Å². The number of likely N-dealkylation sites (tertiary alicyclic amines) is 1. The number of hydrogen-bond acceptors (Lipinski definition) is 3. The molecule has 0 aliphatic carbocycles. The summed E-state index contributed by atoms with van der Waals surface area (Å²) in [7, 11) is 0. The highest BCUT2D eigenvalue weighted by Gasteiger charge is 2.30. The van der Waals surface area contributed by atoms with Crippen LogP contribution in [-0.4, -0.2) is 35.2 Å². The fourth-order valence-electron chi connectivity index (χ4n) is 3.28. The Bertz CT molecular complexity index is 611. The second-order valence-electron chi connectivity index (χ2n) is 6.55. The maximum Gasteiger partial charge on any atom is 0.0868 e. The molecule has 1 aliphatic heterocycles. The molecule has 3 atom stereocenters. The molecule has 0 amide bonds. The summed E-state index contributed by atoms with van der Waals surface area (Å²) >= 11 is 0. The van der Waals surface area contributed by atoms with Crippen molar-refractivity contribution in [1.29, 1.82) is 0 Å². The van der Waals surface area contributed by atoms with Gasteiger partial charge in [-0.15, -0.1) is 0 Å². The number of β-amino-alcohol motifs (C(OH)–C–C–N with tert-alkyl or cyclic N) is 1. The molecule has 1 aliphatic rings. The van der Waals surface area contributed by atoms with Crippen molar-refractivity contribution in [2.45, 2.75) is 38.5 Å². The minimum absolute atomic E-state index is 0.122. The molecule has 23 heavy (non-hydrogen) atoms. The minimum Gasteiger partial charge on any atom is -0.390 e. The van der Waals surface area contributed by atoms with E-state index in [1.807, 2.05) is 6.07 Å². The third-order valence-corrected chi connectivity index (χ3v) is 4.85. The van der Waals surface area contributed by atoms with E-state index < -0.39 is 0 Å². The van der Waals surface area contributed by atoms with Gasteiger partial charge >= 0.3 is 0 Å². The molecular weight excluding hydrogens is 284 g/mol. The molecular formula is C20H26N2O. The van der Waals surface area contributed by atoms with Gasteiger partial charge in [0.15, 0.2) is 0 Å². The normalized spacial score (nSPS) is 23.4. The zero-order chi connectivity index (χ0) is 16.2. The largest absolute Gasteiger partial charge is 0.390 e. The molecule has 0 bridgehead atoms. The molecule has 2 aromatic rings. The van der Waals surface area contributed by atoms with Crippen LogP contribution in [0.15, 0.2) is 54.6 Å². The number of aliphatic hydroxyl groups is 1. The predicted octanol–water partition coefficient (Wildman–Crippen LogP) is 3.60. The van der Waals surface area contributed by atoms with Crippen molar-refractivity contribution >= 4 is 5.69 Å². The summed E-state index contributed by atoms with van der Waals surface area (Å²) in [5.74, 6) is 0. The van der Waals surface area contributed by atoms with Crippen LogP contribution < -0.4 is 5.32 Å². The summed E-state index contributed by atoms with van der Waals surface area (Å²) in [6.07, 6.45) is 0.600. The molecule has 3 heteroatoms. The number of hydrogen-bond donors (Lipinski definition) is 2. The number of aliphatic hydroxyl groups excluding tert-OH is 1. The molecule has 0 aromatic heterocycles. The molecule has 2 aromatic carbocycles. The fraction of sp³-hybridized carbons (Fsp3) is 0.400. The van der Waals surface area contributed by atoms with E-state index in [0.29, 0.717) is 12.6 Å².